The first-order valence-electron chi connectivity index (χ1n) is 7.04. The molecule has 1 aromatic heterocycles. The molecule has 10 heteroatoms. The molecule has 1 aliphatic heterocycles. The van der Waals surface area contributed by atoms with Gasteiger partial charge in [0.15, 0.2) is 5.69 Å². The number of carbonyl (C=O) groups excluding carboxylic acids is 1. The average molecular weight is 351 g/mol. The van der Waals surface area contributed by atoms with Crippen molar-refractivity contribution in [1.29, 1.82) is 0 Å². The monoisotopic (exact) mass is 351 g/mol. The molecular formula is C13H16F3N3O3S. The molecule has 1 aromatic rings. The summed E-state index contributed by atoms with van der Waals surface area (Å²) < 4.78 is 37.2. The highest BCUT2D eigenvalue weighted by Crippen LogP contribution is 2.30. The molecule has 0 aromatic carbocycles. The van der Waals surface area contributed by atoms with Crippen LogP contribution in [-0.2, 0) is 17.4 Å². The molecule has 1 atom stereocenters. The number of carboxylic acid groups (broad SMARTS) is 1. The first kappa shape index (κ1) is 17.5. The summed E-state index contributed by atoms with van der Waals surface area (Å²) in [5.74, 6) is -1.49. The van der Waals surface area contributed by atoms with Gasteiger partial charge in [-0.3, -0.25) is 4.79 Å². The zero-order valence-corrected chi connectivity index (χ0v) is 12.9. The number of aliphatic carboxylic acids is 1. The normalized spacial score (nSPS) is 18.7. The Morgan fingerprint density at radius 3 is 2.83 bits per heavy atom. The molecule has 1 saturated heterocycles. The summed E-state index contributed by atoms with van der Waals surface area (Å²) in [4.78, 5) is 27.8. The Labute approximate surface area is 134 Å². The summed E-state index contributed by atoms with van der Waals surface area (Å²) >= 11 is 0.894. The Bertz CT molecular complexity index is 576. The molecule has 0 radical (unpaired) electrons. The van der Waals surface area contributed by atoms with Gasteiger partial charge in [-0.15, -0.1) is 11.3 Å². The van der Waals surface area contributed by atoms with Crippen molar-refractivity contribution in [3.05, 3.63) is 16.1 Å². The van der Waals surface area contributed by atoms with Crippen LogP contribution in [0.25, 0.3) is 0 Å². The van der Waals surface area contributed by atoms with Crippen molar-refractivity contribution >= 4 is 23.3 Å². The molecule has 2 heterocycles. The first-order chi connectivity index (χ1) is 10.8. The molecule has 6 nitrogen and oxygen atoms in total. The van der Waals surface area contributed by atoms with Crippen LogP contribution in [-0.4, -0.2) is 46.6 Å². The van der Waals surface area contributed by atoms with Gasteiger partial charge in [-0.25, -0.2) is 9.78 Å². The molecule has 2 rings (SSSR count). The molecule has 0 spiro atoms. The van der Waals surface area contributed by atoms with Gasteiger partial charge in [-0.2, -0.15) is 13.2 Å². The van der Waals surface area contributed by atoms with E-state index in [4.69, 9.17) is 5.11 Å². The van der Waals surface area contributed by atoms with Crippen LogP contribution in [0, 0.1) is 5.92 Å². The molecule has 23 heavy (non-hydrogen) atoms. The number of carboxylic acids is 1. The van der Waals surface area contributed by atoms with Gasteiger partial charge in [0.2, 0.25) is 0 Å². The fourth-order valence-electron chi connectivity index (χ4n) is 2.31. The quantitative estimate of drug-likeness (QED) is 0.871. The fourth-order valence-corrected chi connectivity index (χ4v) is 3.11. The molecule has 2 N–H and O–H groups in total. The lowest BCUT2D eigenvalue weighted by Crippen LogP contribution is -2.47. The second-order valence-corrected chi connectivity index (χ2v) is 6.17. The van der Waals surface area contributed by atoms with E-state index in [2.05, 4.69) is 10.3 Å². The number of hydrogen-bond acceptors (Lipinski definition) is 4. The second-order valence-electron chi connectivity index (χ2n) is 5.23. The number of piperidine rings is 1. The van der Waals surface area contributed by atoms with Gasteiger partial charge in [-0.05, 0) is 12.8 Å². The maximum absolute atomic E-state index is 12.4. The molecule has 0 aliphatic carbocycles. The van der Waals surface area contributed by atoms with Gasteiger partial charge in [-0.1, -0.05) is 0 Å². The molecule has 1 unspecified atom stereocenters. The number of nitrogens with one attached hydrogen (secondary N) is 1. The number of nitrogens with zero attached hydrogens (tertiary/aromatic N) is 2. The summed E-state index contributed by atoms with van der Waals surface area (Å²) in [6.45, 7) is 0.777. The number of rotatable bonds is 4. The van der Waals surface area contributed by atoms with Gasteiger partial charge in [0.05, 0.1) is 10.9 Å². The van der Waals surface area contributed by atoms with E-state index in [9.17, 15) is 22.8 Å². The Morgan fingerprint density at radius 1 is 1.48 bits per heavy atom. The minimum Gasteiger partial charge on any atom is -0.481 e. The van der Waals surface area contributed by atoms with Crippen LogP contribution in [0.2, 0.25) is 0 Å². The molecule has 128 valence electrons. The predicted octanol–water partition coefficient (Wildman–Crippen LogP) is 2.21. The zero-order valence-electron chi connectivity index (χ0n) is 12.1. The van der Waals surface area contributed by atoms with Gasteiger partial charge in [0, 0.05) is 31.4 Å². The van der Waals surface area contributed by atoms with Crippen molar-refractivity contribution in [2.24, 2.45) is 5.92 Å². The molecule has 0 bridgehead atoms. The first-order valence-corrected chi connectivity index (χ1v) is 7.92. The Hall–Kier alpha value is -1.84. The number of hydrogen-bond donors (Lipinski definition) is 2. The summed E-state index contributed by atoms with van der Waals surface area (Å²) in [5.41, 5.74) is -0.927. The van der Waals surface area contributed by atoms with Crippen LogP contribution in [0.4, 0.5) is 18.0 Å². The number of halogens is 3. The molecule has 1 fully saturated rings. The highest BCUT2D eigenvalue weighted by molar-refractivity contribution is 7.09. The maximum atomic E-state index is 12.4. The number of urea groups is 1. The third-order valence-electron chi connectivity index (χ3n) is 3.52. The van der Waals surface area contributed by atoms with Crippen molar-refractivity contribution in [3.8, 4) is 0 Å². The summed E-state index contributed by atoms with van der Waals surface area (Å²) in [7, 11) is 0. The molecular weight excluding hydrogens is 335 g/mol. The standard InChI is InChI=1S/C13H16F3N3O3S/c14-13(15,16)9-7-23-10(18-9)3-4-17-12(22)19-5-1-2-8(6-19)11(20)21/h7-8H,1-6H2,(H,17,22)(H,20,21). The maximum Gasteiger partial charge on any atom is 0.434 e. The topological polar surface area (TPSA) is 82.5 Å². The number of alkyl halides is 3. The highest BCUT2D eigenvalue weighted by Gasteiger charge is 2.33. The van der Waals surface area contributed by atoms with E-state index in [0.717, 1.165) is 16.7 Å². The lowest BCUT2D eigenvalue weighted by Gasteiger charge is -2.30. The van der Waals surface area contributed by atoms with Crippen LogP contribution >= 0.6 is 11.3 Å². The summed E-state index contributed by atoms with van der Waals surface area (Å²) in [6.07, 6.45) is -3.11. The Morgan fingerprint density at radius 2 is 2.22 bits per heavy atom. The third-order valence-corrected chi connectivity index (χ3v) is 4.42. The van der Waals surface area contributed by atoms with Crippen LogP contribution < -0.4 is 5.32 Å². The minimum atomic E-state index is -4.46. The Kier molecular flexibility index (Phi) is 5.45. The molecule has 1 aliphatic rings. The van der Waals surface area contributed by atoms with Gasteiger partial charge in [0.1, 0.15) is 0 Å². The van der Waals surface area contributed by atoms with E-state index in [0.29, 0.717) is 24.4 Å². The zero-order chi connectivity index (χ0) is 17.0. The van der Waals surface area contributed by atoms with E-state index >= 15 is 0 Å². The van der Waals surface area contributed by atoms with E-state index < -0.39 is 29.8 Å². The second kappa shape index (κ2) is 7.16. The lowest BCUT2D eigenvalue weighted by molar-refractivity contribution is -0.143. The van der Waals surface area contributed by atoms with Crippen molar-refractivity contribution in [3.63, 3.8) is 0 Å². The van der Waals surface area contributed by atoms with Crippen molar-refractivity contribution < 1.29 is 27.9 Å². The van der Waals surface area contributed by atoms with Crippen molar-refractivity contribution in [1.82, 2.24) is 15.2 Å². The predicted molar refractivity (Wildman–Crippen MR) is 76.2 cm³/mol. The number of aromatic nitrogens is 1. The molecule has 0 saturated carbocycles. The largest absolute Gasteiger partial charge is 0.481 e. The van der Waals surface area contributed by atoms with Crippen LogP contribution in [0.15, 0.2) is 5.38 Å². The van der Waals surface area contributed by atoms with E-state index in [1.807, 2.05) is 0 Å². The fraction of sp³-hybridized carbons (Fsp3) is 0.615. The van der Waals surface area contributed by atoms with Gasteiger partial charge < -0.3 is 15.3 Å². The third kappa shape index (κ3) is 4.81. The summed E-state index contributed by atoms with van der Waals surface area (Å²) in [5, 5.41) is 12.8. The number of thiazole rings is 1. The summed E-state index contributed by atoms with van der Waals surface area (Å²) in [6, 6.07) is -0.399. The number of amides is 2. The van der Waals surface area contributed by atoms with E-state index in [1.54, 1.807) is 0 Å². The highest BCUT2D eigenvalue weighted by atomic mass is 32.1. The van der Waals surface area contributed by atoms with Crippen LogP contribution in [0.3, 0.4) is 0 Å². The lowest BCUT2D eigenvalue weighted by atomic mass is 9.99. The average Bonchev–Trinajstić information content (AvgIpc) is 2.96. The SMILES string of the molecule is O=C(O)C1CCCN(C(=O)NCCc2nc(C(F)(F)F)cs2)C1. The number of likely N-dealkylation sites (tertiary alicyclic amines) is 1. The molecule has 2 amide bonds. The smallest absolute Gasteiger partial charge is 0.434 e. The minimum absolute atomic E-state index is 0.149. The Balaban J connectivity index is 1.78. The van der Waals surface area contributed by atoms with Crippen molar-refractivity contribution in [2.45, 2.75) is 25.4 Å². The van der Waals surface area contributed by atoms with Crippen LogP contribution in [0.1, 0.15) is 23.5 Å². The van der Waals surface area contributed by atoms with Crippen LogP contribution in [0.5, 0.6) is 0 Å². The van der Waals surface area contributed by atoms with Gasteiger partial charge in [0.25, 0.3) is 0 Å². The van der Waals surface area contributed by atoms with E-state index in [1.165, 1.54) is 4.90 Å². The van der Waals surface area contributed by atoms with Crippen molar-refractivity contribution in [2.75, 3.05) is 19.6 Å². The van der Waals surface area contributed by atoms with Gasteiger partial charge >= 0.3 is 18.2 Å². The number of carbonyl (C=O) groups is 2. The van der Waals surface area contributed by atoms with E-state index in [-0.39, 0.29) is 19.5 Å².